The molecule has 5 heteroatoms. The highest BCUT2D eigenvalue weighted by Crippen LogP contribution is 2.29. The van der Waals surface area contributed by atoms with Gasteiger partial charge in [-0.2, -0.15) is 5.10 Å². The number of carbonyl (C=O) groups is 1. The van der Waals surface area contributed by atoms with Crippen LogP contribution in [-0.2, 0) is 6.54 Å². The molecule has 2 unspecified atom stereocenters. The number of para-hydroxylation sites is 1. The normalized spacial score (nSPS) is 19.9. The van der Waals surface area contributed by atoms with Gasteiger partial charge in [0.05, 0.1) is 11.7 Å². The lowest BCUT2D eigenvalue weighted by molar-refractivity contribution is 0.0856. The van der Waals surface area contributed by atoms with E-state index in [-0.39, 0.29) is 11.8 Å². The van der Waals surface area contributed by atoms with E-state index in [4.69, 9.17) is 5.10 Å². The Balaban J connectivity index is 1.42. The predicted molar refractivity (Wildman–Crippen MR) is 152 cm³/mol. The third-order valence-electron chi connectivity index (χ3n) is 7.43. The van der Waals surface area contributed by atoms with Crippen molar-refractivity contribution < 1.29 is 4.79 Å². The minimum absolute atomic E-state index is 0.00954. The topological polar surface area (TPSA) is 47.9 Å². The Hall–Kier alpha value is -3.54. The van der Waals surface area contributed by atoms with E-state index in [1.54, 1.807) is 0 Å². The van der Waals surface area contributed by atoms with Gasteiger partial charge in [0.15, 0.2) is 0 Å². The van der Waals surface area contributed by atoms with Crippen molar-refractivity contribution in [3.8, 4) is 0 Å². The summed E-state index contributed by atoms with van der Waals surface area (Å²) in [7, 11) is 0. The van der Waals surface area contributed by atoms with E-state index in [9.17, 15) is 4.79 Å². The minimum atomic E-state index is -0.0345. The molecule has 1 heterocycles. The molecular weight excluding hydrogens is 456 g/mol. The third-order valence-corrected chi connectivity index (χ3v) is 7.43. The second-order valence-corrected chi connectivity index (χ2v) is 9.96. The maximum absolute atomic E-state index is 14.0. The molecule has 0 saturated carbocycles. The Morgan fingerprint density at radius 1 is 0.838 bits per heavy atom. The van der Waals surface area contributed by atoms with Crippen LogP contribution in [0.4, 0.5) is 5.69 Å². The van der Waals surface area contributed by atoms with Crippen molar-refractivity contribution in [2.45, 2.75) is 31.8 Å². The molecule has 1 aliphatic carbocycles. The first-order valence-electron chi connectivity index (χ1n) is 13.4. The van der Waals surface area contributed by atoms with Crippen LogP contribution in [0.3, 0.4) is 0 Å². The van der Waals surface area contributed by atoms with Crippen molar-refractivity contribution in [3.63, 3.8) is 0 Å². The molecule has 1 N–H and O–H groups in total. The largest absolute Gasteiger partial charge is 0.297 e. The second-order valence-electron chi connectivity index (χ2n) is 9.96. The predicted octanol–water partition coefficient (Wildman–Crippen LogP) is 5.88. The molecule has 0 amide bonds. The van der Waals surface area contributed by atoms with Gasteiger partial charge in [0, 0.05) is 38.3 Å². The lowest BCUT2D eigenvalue weighted by Crippen LogP contribution is -2.56. The molecule has 2 aliphatic rings. The number of carbonyl (C=O) groups excluding carboxylic acids is 1. The fraction of sp³-hybridized carbons (Fsp3) is 0.312. The highest BCUT2D eigenvalue weighted by molar-refractivity contribution is 6.47. The van der Waals surface area contributed by atoms with Gasteiger partial charge >= 0.3 is 0 Å². The summed E-state index contributed by atoms with van der Waals surface area (Å²) in [5, 5.41) is 4.85. The number of nitrogens with zero attached hydrogens (tertiary/aromatic N) is 3. The standard InChI is InChI=1S/C32H36N4O/c37-32(28-17-9-3-10-18-28)30(34-33-29-19-11-4-12-20-29)31(27-15-7-2-8-16-27)36-23-21-35(22-24-36)25-26-13-5-1-6-14-26/h1-7,9-14,17-20,27,31,33H,8,15-16,21-25H2/b34-30-. The molecule has 0 bridgehead atoms. The molecule has 2 atom stereocenters. The quantitative estimate of drug-likeness (QED) is 0.175. The van der Waals surface area contributed by atoms with Crippen molar-refractivity contribution in [1.82, 2.24) is 9.80 Å². The van der Waals surface area contributed by atoms with E-state index in [2.05, 4.69) is 57.7 Å². The molecule has 0 radical (unpaired) electrons. The van der Waals surface area contributed by atoms with Crippen molar-refractivity contribution in [3.05, 3.63) is 114 Å². The van der Waals surface area contributed by atoms with Crippen molar-refractivity contribution in [1.29, 1.82) is 0 Å². The first kappa shape index (κ1) is 25.1. The highest BCUT2D eigenvalue weighted by Gasteiger charge is 2.37. The van der Waals surface area contributed by atoms with Crippen LogP contribution in [0.2, 0.25) is 0 Å². The molecule has 0 spiro atoms. The van der Waals surface area contributed by atoms with Crippen molar-refractivity contribution in [2.75, 3.05) is 31.6 Å². The number of nitrogens with one attached hydrogen (secondary N) is 1. The first-order chi connectivity index (χ1) is 18.3. The lowest BCUT2D eigenvalue weighted by Gasteiger charge is -2.43. The van der Waals surface area contributed by atoms with E-state index in [0.717, 1.165) is 57.7 Å². The summed E-state index contributed by atoms with van der Waals surface area (Å²) in [6.07, 6.45) is 7.64. The maximum atomic E-state index is 14.0. The smallest absolute Gasteiger partial charge is 0.210 e. The van der Waals surface area contributed by atoms with Crippen LogP contribution in [0, 0.1) is 5.92 Å². The summed E-state index contributed by atoms with van der Waals surface area (Å²) in [6, 6.07) is 30.1. The van der Waals surface area contributed by atoms with Crippen molar-refractivity contribution >= 4 is 17.2 Å². The number of rotatable bonds is 9. The number of benzene rings is 3. The number of anilines is 1. The summed E-state index contributed by atoms with van der Waals surface area (Å²) >= 11 is 0. The fourth-order valence-corrected chi connectivity index (χ4v) is 5.47. The number of allylic oxidation sites excluding steroid dienone is 2. The summed E-state index contributed by atoms with van der Waals surface area (Å²) in [6.45, 7) is 4.76. The SMILES string of the molecule is O=C(/C(=N\Nc1ccccc1)C(C1CC=CCC1)N1CCN(Cc2ccccc2)CC1)c1ccccc1. The number of ketones is 1. The van der Waals surface area contributed by atoms with E-state index < -0.39 is 0 Å². The van der Waals surface area contributed by atoms with Gasteiger partial charge in [-0.3, -0.25) is 20.0 Å². The molecule has 1 saturated heterocycles. The third kappa shape index (κ3) is 6.62. The van der Waals surface area contributed by atoms with Gasteiger partial charge in [0.2, 0.25) is 5.78 Å². The van der Waals surface area contributed by atoms with Crippen LogP contribution >= 0.6 is 0 Å². The zero-order valence-corrected chi connectivity index (χ0v) is 21.4. The number of piperazine rings is 1. The average molecular weight is 493 g/mol. The molecule has 0 aromatic heterocycles. The molecule has 3 aromatic carbocycles. The van der Waals surface area contributed by atoms with Crippen molar-refractivity contribution in [2.24, 2.45) is 11.0 Å². The molecule has 190 valence electrons. The number of hydrogen-bond acceptors (Lipinski definition) is 5. The second kappa shape index (κ2) is 12.6. The van der Waals surface area contributed by atoms with Crippen LogP contribution in [0.5, 0.6) is 0 Å². The molecule has 3 aromatic rings. The van der Waals surface area contributed by atoms with Gasteiger partial charge in [0.25, 0.3) is 0 Å². The highest BCUT2D eigenvalue weighted by atomic mass is 16.1. The Bertz CT molecular complexity index is 1190. The monoisotopic (exact) mass is 492 g/mol. The van der Waals surface area contributed by atoms with Crippen LogP contribution in [0.1, 0.15) is 35.2 Å². The fourth-order valence-electron chi connectivity index (χ4n) is 5.47. The van der Waals surface area contributed by atoms with E-state index in [1.165, 1.54) is 5.56 Å². The zero-order chi connectivity index (χ0) is 25.3. The Morgan fingerprint density at radius 2 is 1.49 bits per heavy atom. The number of Topliss-reactive ketones (excluding diaryl/α,β-unsaturated/α-hetero) is 1. The lowest BCUT2D eigenvalue weighted by atomic mass is 9.82. The molecule has 1 fully saturated rings. The molecule has 5 nitrogen and oxygen atoms in total. The number of hydrogen-bond donors (Lipinski definition) is 1. The maximum Gasteiger partial charge on any atom is 0.210 e. The van der Waals surface area contributed by atoms with Crippen LogP contribution in [0.15, 0.2) is 108 Å². The van der Waals surface area contributed by atoms with Gasteiger partial charge < -0.3 is 0 Å². The molecule has 5 rings (SSSR count). The Labute approximate surface area is 220 Å². The Kier molecular flexibility index (Phi) is 8.57. The molecule has 37 heavy (non-hydrogen) atoms. The average Bonchev–Trinajstić information content (AvgIpc) is 2.97. The van der Waals surface area contributed by atoms with Crippen LogP contribution in [-0.4, -0.2) is 53.5 Å². The summed E-state index contributed by atoms with van der Waals surface area (Å²) in [5.74, 6) is 0.366. The van der Waals surface area contributed by atoms with Gasteiger partial charge in [-0.15, -0.1) is 0 Å². The van der Waals surface area contributed by atoms with Gasteiger partial charge in [-0.05, 0) is 42.9 Å². The number of hydrazone groups is 1. The van der Waals surface area contributed by atoms with Gasteiger partial charge in [-0.1, -0.05) is 91.0 Å². The first-order valence-corrected chi connectivity index (χ1v) is 13.4. The summed E-state index contributed by atoms with van der Waals surface area (Å²) in [5.41, 5.74) is 6.75. The van der Waals surface area contributed by atoms with Gasteiger partial charge in [0.1, 0.15) is 5.71 Å². The summed E-state index contributed by atoms with van der Waals surface area (Å²) in [4.78, 5) is 19.0. The van der Waals surface area contributed by atoms with Crippen LogP contribution < -0.4 is 5.43 Å². The molecular formula is C32H36N4O. The summed E-state index contributed by atoms with van der Waals surface area (Å²) < 4.78 is 0. The van der Waals surface area contributed by atoms with E-state index in [0.29, 0.717) is 17.2 Å². The van der Waals surface area contributed by atoms with E-state index in [1.807, 2.05) is 60.7 Å². The minimum Gasteiger partial charge on any atom is -0.297 e. The van der Waals surface area contributed by atoms with E-state index >= 15 is 0 Å². The van der Waals surface area contributed by atoms with Gasteiger partial charge in [-0.25, -0.2) is 0 Å². The Morgan fingerprint density at radius 3 is 2.14 bits per heavy atom. The van der Waals surface area contributed by atoms with Crippen LogP contribution in [0.25, 0.3) is 0 Å². The zero-order valence-electron chi connectivity index (χ0n) is 21.4. The molecule has 1 aliphatic heterocycles.